The highest BCUT2D eigenvalue weighted by molar-refractivity contribution is 6.01. The predicted octanol–water partition coefficient (Wildman–Crippen LogP) is 4.36. The molecule has 2 aromatic rings. The third-order valence-corrected chi connectivity index (χ3v) is 6.23. The highest BCUT2D eigenvalue weighted by atomic mass is 16.5. The maximum atomic E-state index is 13.0. The van der Waals surface area contributed by atoms with E-state index in [1.165, 1.54) is 0 Å². The van der Waals surface area contributed by atoms with E-state index in [4.69, 9.17) is 4.74 Å². The van der Waals surface area contributed by atoms with Gasteiger partial charge in [-0.3, -0.25) is 9.59 Å². The second-order valence-corrected chi connectivity index (χ2v) is 8.25. The molecule has 1 aliphatic carbocycles. The van der Waals surface area contributed by atoms with Crippen LogP contribution in [-0.4, -0.2) is 23.3 Å². The van der Waals surface area contributed by atoms with E-state index in [0.717, 1.165) is 48.1 Å². The monoisotopic (exact) mass is 406 g/mol. The normalized spacial score (nSPS) is 19.6. The highest BCUT2D eigenvalue weighted by Gasteiger charge is 2.30. The van der Waals surface area contributed by atoms with Crippen molar-refractivity contribution in [2.75, 3.05) is 6.61 Å². The number of fused-ring (bicyclic) bond motifs is 2. The van der Waals surface area contributed by atoms with Crippen molar-refractivity contribution in [1.82, 2.24) is 4.98 Å². The van der Waals surface area contributed by atoms with Crippen LogP contribution in [0.5, 0.6) is 11.5 Å². The Bertz CT molecular complexity index is 972. The lowest BCUT2D eigenvalue weighted by atomic mass is 9.76. The second-order valence-electron chi connectivity index (χ2n) is 8.25. The van der Waals surface area contributed by atoms with Crippen LogP contribution in [-0.2, 0) is 22.4 Å². The van der Waals surface area contributed by atoms with E-state index in [-0.39, 0.29) is 35.6 Å². The molecule has 0 spiro atoms. The molecule has 2 aliphatic rings. The Morgan fingerprint density at radius 2 is 2.13 bits per heavy atom. The van der Waals surface area contributed by atoms with Gasteiger partial charge in [0.25, 0.3) is 0 Å². The molecule has 0 fully saturated rings. The molecule has 158 valence electrons. The summed E-state index contributed by atoms with van der Waals surface area (Å²) in [6, 6.07) is 5.49. The van der Waals surface area contributed by atoms with Gasteiger partial charge in [-0.05, 0) is 43.2 Å². The number of Topliss-reactive ketones (excluding diaryl/α,β-unsaturated/α-hetero) is 2. The zero-order valence-electron chi connectivity index (χ0n) is 17.4. The molecular weight excluding hydrogens is 378 g/mol. The number of allylic oxidation sites excluding steroid dienone is 1. The molecule has 2 heterocycles. The van der Waals surface area contributed by atoms with Crippen molar-refractivity contribution in [3.8, 4) is 11.5 Å². The molecule has 5 nitrogen and oxygen atoms in total. The van der Waals surface area contributed by atoms with Gasteiger partial charge >= 0.3 is 0 Å². The molecular formula is C25H28NO4-. The number of aryl methyl sites for hydroxylation is 1. The number of carbonyl (C=O) groups is 2. The average molecular weight is 407 g/mol. The minimum absolute atomic E-state index is 0.00221. The summed E-state index contributed by atoms with van der Waals surface area (Å²) in [7, 11) is 0. The van der Waals surface area contributed by atoms with Crippen molar-refractivity contribution in [2.24, 2.45) is 5.92 Å². The number of nitrogens with zero attached hydrogens (tertiary/aromatic N) is 1. The zero-order valence-corrected chi connectivity index (χ0v) is 17.4. The molecule has 0 bridgehead atoms. The number of benzene rings is 1. The van der Waals surface area contributed by atoms with Crippen molar-refractivity contribution >= 4 is 17.6 Å². The van der Waals surface area contributed by atoms with Gasteiger partial charge in [-0.1, -0.05) is 43.2 Å². The van der Waals surface area contributed by atoms with Crippen molar-refractivity contribution in [3.63, 3.8) is 0 Å². The standard InChI is InChI=1S/C25H28NO4/c1-2-4-19-20-12-13-26-22(20)10-9-21(19)24(29)15-17(27)8-6-16-7-11-23(28)25-18(16)5-3-14-30-25/h7,9-13,19,21,28H,2-6,8,14-15H2,1H3/q-1/t19-,21-/m1/s1. The minimum Gasteiger partial charge on any atom is -0.664 e. The topological polar surface area (TPSA) is 77.7 Å². The number of hydrogen-bond donors (Lipinski definition) is 1. The largest absolute Gasteiger partial charge is 0.664 e. The summed E-state index contributed by atoms with van der Waals surface area (Å²) in [5, 5.41) is 10.00. The molecule has 4 rings (SSSR count). The van der Waals surface area contributed by atoms with E-state index in [1.807, 2.05) is 24.3 Å². The van der Waals surface area contributed by atoms with Crippen LogP contribution in [0.3, 0.4) is 0 Å². The Balaban J connectivity index is 1.39. The van der Waals surface area contributed by atoms with Gasteiger partial charge in [-0.2, -0.15) is 6.20 Å². The molecule has 1 aliphatic heterocycles. The van der Waals surface area contributed by atoms with Crippen LogP contribution in [0.1, 0.15) is 67.3 Å². The first-order valence-electron chi connectivity index (χ1n) is 10.9. The lowest BCUT2D eigenvalue weighted by molar-refractivity contribution is -0.128. The third kappa shape index (κ3) is 4.07. The molecule has 0 amide bonds. The van der Waals surface area contributed by atoms with Crippen LogP contribution < -0.4 is 9.72 Å². The Labute approximate surface area is 177 Å². The van der Waals surface area contributed by atoms with Gasteiger partial charge in [0, 0.05) is 17.9 Å². The molecule has 0 saturated carbocycles. The number of rotatable bonds is 8. The van der Waals surface area contributed by atoms with Crippen molar-refractivity contribution < 1.29 is 19.4 Å². The summed E-state index contributed by atoms with van der Waals surface area (Å²) in [6.07, 6.45) is 10.1. The Morgan fingerprint density at radius 3 is 2.97 bits per heavy atom. The van der Waals surface area contributed by atoms with Crippen molar-refractivity contribution in [1.29, 1.82) is 0 Å². The van der Waals surface area contributed by atoms with E-state index in [0.29, 0.717) is 25.2 Å². The summed E-state index contributed by atoms with van der Waals surface area (Å²) in [4.78, 5) is 30.0. The SMILES string of the molecule is CCC[C@@H]1c2cc[n-]c2C=C[C@H]1C(=O)CC(=O)CCc1ccc(O)c2c1CCCO2. The predicted molar refractivity (Wildman–Crippen MR) is 115 cm³/mol. The van der Waals surface area contributed by atoms with Crippen LogP contribution in [0.4, 0.5) is 0 Å². The minimum atomic E-state index is -0.250. The first-order chi connectivity index (χ1) is 14.6. The average Bonchev–Trinajstić information content (AvgIpc) is 3.23. The van der Waals surface area contributed by atoms with Gasteiger partial charge in [0.1, 0.15) is 11.6 Å². The number of ketones is 2. The summed E-state index contributed by atoms with van der Waals surface area (Å²) < 4.78 is 5.60. The number of aromatic nitrogens is 1. The number of aromatic hydroxyl groups is 1. The first kappa shape index (κ1) is 20.5. The van der Waals surface area contributed by atoms with Gasteiger partial charge in [-0.25, -0.2) is 0 Å². The maximum Gasteiger partial charge on any atom is 0.164 e. The maximum absolute atomic E-state index is 13.0. The van der Waals surface area contributed by atoms with Crippen LogP contribution in [0.2, 0.25) is 0 Å². The third-order valence-electron chi connectivity index (χ3n) is 6.23. The van der Waals surface area contributed by atoms with E-state index in [2.05, 4.69) is 11.9 Å². The molecule has 1 N–H and O–H groups in total. The fourth-order valence-corrected chi connectivity index (χ4v) is 4.73. The molecule has 2 atom stereocenters. The van der Waals surface area contributed by atoms with E-state index in [9.17, 15) is 14.7 Å². The lowest BCUT2D eigenvalue weighted by Gasteiger charge is -2.29. The quantitative estimate of drug-likeness (QED) is 0.659. The van der Waals surface area contributed by atoms with E-state index in [1.54, 1.807) is 12.3 Å². The van der Waals surface area contributed by atoms with Gasteiger partial charge in [0.15, 0.2) is 11.5 Å². The smallest absolute Gasteiger partial charge is 0.164 e. The van der Waals surface area contributed by atoms with Crippen molar-refractivity contribution in [3.05, 3.63) is 52.9 Å². The summed E-state index contributed by atoms with van der Waals surface area (Å²) in [5.74, 6) is 0.532. The Morgan fingerprint density at radius 1 is 1.27 bits per heavy atom. The van der Waals surface area contributed by atoms with Gasteiger partial charge < -0.3 is 14.8 Å². The molecule has 5 heteroatoms. The van der Waals surface area contributed by atoms with Gasteiger partial charge in [0.2, 0.25) is 0 Å². The molecule has 30 heavy (non-hydrogen) atoms. The van der Waals surface area contributed by atoms with Crippen LogP contribution in [0.25, 0.3) is 6.08 Å². The van der Waals surface area contributed by atoms with Crippen LogP contribution in [0.15, 0.2) is 30.5 Å². The van der Waals surface area contributed by atoms with Crippen LogP contribution >= 0.6 is 0 Å². The highest BCUT2D eigenvalue weighted by Crippen LogP contribution is 2.38. The number of phenolic OH excluding ortho intramolecular Hbond substituents is 1. The molecule has 0 saturated heterocycles. The van der Waals surface area contributed by atoms with E-state index < -0.39 is 0 Å². The first-order valence-corrected chi connectivity index (χ1v) is 10.9. The summed E-state index contributed by atoms with van der Waals surface area (Å²) in [5.41, 5.74) is 4.09. The lowest BCUT2D eigenvalue weighted by Crippen LogP contribution is -2.25. The molecule has 1 aromatic carbocycles. The molecule has 0 unspecified atom stereocenters. The number of ether oxygens (including phenoxy) is 1. The van der Waals surface area contributed by atoms with Gasteiger partial charge in [0.05, 0.1) is 13.0 Å². The van der Waals surface area contributed by atoms with Gasteiger partial charge in [-0.15, -0.1) is 5.69 Å². The summed E-state index contributed by atoms with van der Waals surface area (Å²) in [6.45, 7) is 2.72. The van der Waals surface area contributed by atoms with Crippen LogP contribution in [0, 0.1) is 5.92 Å². The Hall–Kier alpha value is -2.82. The second kappa shape index (κ2) is 8.90. The Kier molecular flexibility index (Phi) is 6.07. The number of hydrogen-bond acceptors (Lipinski definition) is 4. The number of carbonyl (C=O) groups excluding carboxylic acids is 2. The van der Waals surface area contributed by atoms with E-state index >= 15 is 0 Å². The fraction of sp³-hybridized carbons (Fsp3) is 0.440. The molecule has 1 aromatic heterocycles. The van der Waals surface area contributed by atoms with Crippen molar-refractivity contribution in [2.45, 2.75) is 57.8 Å². The zero-order chi connectivity index (χ0) is 21.1. The number of phenols is 1. The fourth-order valence-electron chi connectivity index (χ4n) is 4.73. The summed E-state index contributed by atoms with van der Waals surface area (Å²) >= 11 is 0. The molecule has 0 radical (unpaired) electrons.